The van der Waals surface area contributed by atoms with E-state index in [1.807, 2.05) is 70.2 Å². The molecule has 0 aliphatic rings. The van der Waals surface area contributed by atoms with Crippen molar-refractivity contribution >= 4 is 0 Å². The number of nitrogens with zero attached hydrogens (tertiary/aromatic N) is 3. The molecule has 0 fully saturated rings. The van der Waals surface area contributed by atoms with Gasteiger partial charge in [0.05, 0.1) is 22.8 Å². The Labute approximate surface area is 210 Å². The van der Waals surface area contributed by atoms with Crippen LogP contribution in [0.5, 0.6) is 11.5 Å². The second-order valence-electron chi connectivity index (χ2n) is 9.18. The predicted octanol–water partition coefficient (Wildman–Crippen LogP) is 7.18. The maximum absolute atomic E-state index is 9.93. The molecule has 178 valence electrons. The van der Waals surface area contributed by atoms with E-state index < -0.39 is 0 Å². The van der Waals surface area contributed by atoms with E-state index in [1.54, 1.807) is 36.7 Å². The van der Waals surface area contributed by atoms with E-state index >= 15 is 0 Å². The van der Waals surface area contributed by atoms with E-state index in [0.717, 1.165) is 67.3 Å². The lowest BCUT2D eigenvalue weighted by molar-refractivity contribution is 0.474. The fourth-order valence-corrected chi connectivity index (χ4v) is 4.96. The number of phenolic OH excluding ortho intramolecular Hbond substituents is 2. The molecule has 0 radical (unpaired) electrons. The van der Waals surface area contributed by atoms with Gasteiger partial charge < -0.3 is 10.2 Å². The van der Waals surface area contributed by atoms with Gasteiger partial charge >= 0.3 is 0 Å². The molecular formula is C31H27N3O2. The number of pyridine rings is 3. The molecule has 0 unspecified atom stereocenters. The molecule has 5 heteroatoms. The number of benzene rings is 2. The number of hydrogen-bond acceptors (Lipinski definition) is 5. The van der Waals surface area contributed by atoms with Gasteiger partial charge in [0.1, 0.15) is 11.5 Å². The largest absolute Gasteiger partial charge is 0.508 e. The van der Waals surface area contributed by atoms with Crippen LogP contribution >= 0.6 is 0 Å². The second kappa shape index (κ2) is 9.27. The van der Waals surface area contributed by atoms with Crippen LogP contribution in [0.1, 0.15) is 22.3 Å². The van der Waals surface area contributed by atoms with Crippen molar-refractivity contribution in [2.75, 3.05) is 0 Å². The third-order valence-corrected chi connectivity index (χ3v) is 6.41. The molecule has 0 amide bonds. The summed E-state index contributed by atoms with van der Waals surface area (Å²) >= 11 is 0. The van der Waals surface area contributed by atoms with Gasteiger partial charge in [-0.05, 0) is 133 Å². The molecule has 2 N–H and O–H groups in total. The molecular weight excluding hydrogens is 446 g/mol. The highest BCUT2D eigenvalue weighted by Crippen LogP contribution is 2.34. The summed E-state index contributed by atoms with van der Waals surface area (Å²) in [5, 5.41) is 19.9. The minimum atomic E-state index is 0.268. The van der Waals surface area contributed by atoms with Crippen molar-refractivity contribution in [1.29, 1.82) is 0 Å². The van der Waals surface area contributed by atoms with Gasteiger partial charge in [0.25, 0.3) is 0 Å². The van der Waals surface area contributed by atoms with E-state index in [0.29, 0.717) is 0 Å². The maximum atomic E-state index is 9.93. The summed E-state index contributed by atoms with van der Waals surface area (Å²) in [5.74, 6) is 0.537. The first-order chi connectivity index (χ1) is 17.3. The van der Waals surface area contributed by atoms with Gasteiger partial charge in [-0.15, -0.1) is 0 Å². The first kappa shape index (κ1) is 23.2. The van der Waals surface area contributed by atoms with Crippen LogP contribution in [0.25, 0.3) is 45.0 Å². The number of phenols is 2. The average Bonchev–Trinajstić information content (AvgIpc) is 2.83. The lowest BCUT2D eigenvalue weighted by Gasteiger charge is -2.13. The van der Waals surface area contributed by atoms with Crippen LogP contribution in [0.15, 0.2) is 79.1 Å². The Bertz CT molecular complexity index is 1450. The van der Waals surface area contributed by atoms with Crippen LogP contribution in [0, 0.1) is 27.7 Å². The summed E-state index contributed by atoms with van der Waals surface area (Å²) in [4.78, 5) is 14.1. The lowest BCUT2D eigenvalue weighted by atomic mass is 9.95. The Kier molecular flexibility index (Phi) is 5.98. The Morgan fingerprint density at radius 3 is 1.28 bits per heavy atom. The van der Waals surface area contributed by atoms with Crippen LogP contribution in [0.3, 0.4) is 0 Å². The Hall–Kier alpha value is -4.51. The smallest absolute Gasteiger partial charge is 0.116 e. The van der Waals surface area contributed by atoms with Crippen LogP contribution < -0.4 is 0 Å². The lowest BCUT2D eigenvalue weighted by Crippen LogP contribution is -1.95. The minimum Gasteiger partial charge on any atom is -0.508 e. The Balaban J connectivity index is 1.54. The minimum absolute atomic E-state index is 0.268. The van der Waals surface area contributed by atoms with Crippen LogP contribution in [-0.4, -0.2) is 25.2 Å². The monoisotopic (exact) mass is 473 g/mol. The first-order valence-corrected chi connectivity index (χ1v) is 11.8. The van der Waals surface area contributed by atoms with Crippen molar-refractivity contribution in [3.05, 3.63) is 101 Å². The third kappa shape index (κ3) is 4.43. The zero-order valence-electron chi connectivity index (χ0n) is 20.7. The quantitative estimate of drug-likeness (QED) is 0.289. The maximum Gasteiger partial charge on any atom is 0.116 e. The number of aromatic nitrogens is 3. The molecule has 0 saturated heterocycles. The van der Waals surface area contributed by atoms with Crippen molar-refractivity contribution in [2.45, 2.75) is 27.7 Å². The highest BCUT2D eigenvalue weighted by Gasteiger charge is 2.13. The van der Waals surface area contributed by atoms with E-state index in [4.69, 9.17) is 4.98 Å². The number of aryl methyl sites for hydroxylation is 4. The van der Waals surface area contributed by atoms with Crippen LogP contribution in [0.4, 0.5) is 0 Å². The van der Waals surface area contributed by atoms with Gasteiger partial charge in [-0.1, -0.05) is 6.07 Å². The first-order valence-electron chi connectivity index (χ1n) is 11.8. The number of aromatic hydroxyl groups is 2. The molecule has 5 nitrogen and oxygen atoms in total. The van der Waals surface area contributed by atoms with Crippen molar-refractivity contribution in [3.63, 3.8) is 0 Å². The standard InChI is InChI=1S/C31H27N3O2/c1-18-12-24(35)13-19(2)30(18)22-8-10-32-28(16-22)26-6-5-7-27(34-26)29-17-23(9-11-33-29)31-20(3)14-25(36)15-21(31)4/h5-17,35-36H,1-4H3. The molecule has 0 aliphatic heterocycles. The topological polar surface area (TPSA) is 79.1 Å². The van der Waals surface area contributed by atoms with Crippen molar-refractivity contribution in [2.24, 2.45) is 0 Å². The zero-order valence-corrected chi connectivity index (χ0v) is 20.7. The molecule has 0 aliphatic carbocycles. The fourth-order valence-electron chi connectivity index (χ4n) is 4.96. The summed E-state index contributed by atoms with van der Waals surface area (Å²) in [6, 6.07) is 21.0. The fraction of sp³-hybridized carbons (Fsp3) is 0.129. The Morgan fingerprint density at radius 1 is 0.500 bits per heavy atom. The molecule has 3 aromatic heterocycles. The zero-order chi connectivity index (χ0) is 25.4. The Morgan fingerprint density at radius 2 is 0.889 bits per heavy atom. The molecule has 3 heterocycles. The summed E-state index contributed by atoms with van der Waals surface area (Å²) in [6.45, 7) is 7.99. The van der Waals surface area contributed by atoms with Gasteiger partial charge in [-0.2, -0.15) is 0 Å². The number of hydrogen-bond donors (Lipinski definition) is 2. The van der Waals surface area contributed by atoms with Crippen molar-refractivity contribution in [3.8, 4) is 56.5 Å². The van der Waals surface area contributed by atoms with Gasteiger partial charge in [0, 0.05) is 12.4 Å². The molecule has 0 spiro atoms. The van der Waals surface area contributed by atoms with Gasteiger partial charge in [-0.3, -0.25) is 9.97 Å². The van der Waals surface area contributed by atoms with Gasteiger partial charge in [0.15, 0.2) is 0 Å². The van der Waals surface area contributed by atoms with Gasteiger partial charge in [-0.25, -0.2) is 4.98 Å². The molecule has 2 aromatic carbocycles. The molecule has 5 aromatic rings. The van der Waals surface area contributed by atoms with E-state index in [1.165, 1.54) is 0 Å². The number of rotatable bonds is 4. The molecule has 5 rings (SSSR count). The van der Waals surface area contributed by atoms with Crippen molar-refractivity contribution in [1.82, 2.24) is 15.0 Å². The van der Waals surface area contributed by atoms with E-state index in [2.05, 4.69) is 9.97 Å². The third-order valence-electron chi connectivity index (χ3n) is 6.41. The van der Waals surface area contributed by atoms with Gasteiger partial charge in [0.2, 0.25) is 0 Å². The average molecular weight is 474 g/mol. The summed E-state index contributed by atoms with van der Waals surface area (Å²) in [5.41, 5.74) is 11.3. The predicted molar refractivity (Wildman–Crippen MR) is 144 cm³/mol. The molecule has 0 saturated carbocycles. The van der Waals surface area contributed by atoms with Crippen LogP contribution in [-0.2, 0) is 0 Å². The van der Waals surface area contributed by atoms with Crippen LogP contribution in [0.2, 0.25) is 0 Å². The summed E-state index contributed by atoms with van der Waals surface area (Å²) in [6.07, 6.45) is 3.58. The summed E-state index contributed by atoms with van der Waals surface area (Å²) < 4.78 is 0. The molecule has 36 heavy (non-hydrogen) atoms. The van der Waals surface area contributed by atoms with E-state index in [9.17, 15) is 10.2 Å². The van der Waals surface area contributed by atoms with Crippen molar-refractivity contribution < 1.29 is 10.2 Å². The van der Waals surface area contributed by atoms with E-state index in [-0.39, 0.29) is 11.5 Å². The highest BCUT2D eigenvalue weighted by atomic mass is 16.3. The molecule has 0 atom stereocenters. The summed E-state index contributed by atoms with van der Waals surface area (Å²) in [7, 11) is 0. The second-order valence-corrected chi connectivity index (χ2v) is 9.18. The SMILES string of the molecule is Cc1cc(O)cc(C)c1-c1ccnc(-c2cccc(-c3cc(-c4c(C)cc(O)cc4C)ccn3)n2)c1. The highest BCUT2D eigenvalue weighted by molar-refractivity contribution is 5.77. The normalized spacial score (nSPS) is 11.0. The molecule has 0 bridgehead atoms.